The molecule has 0 bridgehead atoms. The van der Waals surface area contributed by atoms with Gasteiger partial charge in [0.05, 0.1) is 0 Å². The summed E-state index contributed by atoms with van der Waals surface area (Å²) in [7, 11) is 3.35. The number of anilines is 1. The molecule has 8 heteroatoms. The number of amides is 1. The number of nitrogens with zero attached hydrogens (tertiary/aromatic N) is 3. The minimum absolute atomic E-state index is 0.0967. The van der Waals surface area contributed by atoms with E-state index < -0.39 is 6.04 Å². The van der Waals surface area contributed by atoms with E-state index in [-0.39, 0.29) is 11.9 Å². The minimum atomic E-state index is -0.476. The topological polar surface area (TPSA) is 71.3 Å². The number of likely N-dealkylation sites (N-methyl/N-ethyl adjacent to an activating group) is 1. The van der Waals surface area contributed by atoms with Crippen molar-refractivity contribution < 1.29 is 9.32 Å². The highest BCUT2D eigenvalue weighted by Crippen LogP contribution is 2.26. The first kappa shape index (κ1) is 15.6. The van der Waals surface area contributed by atoms with Crippen LogP contribution in [0.3, 0.4) is 0 Å². The lowest BCUT2D eigenvalue weighted by molar-refractivity contribution is -0.129. The number of aromatic nitrogens is 2. The summed E-state index contributed by atoms with van der Waals surface area (Å²) in [5, 5.41) is 7.64. The van der Waals surface area contributed by atoms with E-state index in [1.54, 1.807) is 39.2 Å². The molecule has 0 saturated carbocycles. The number of rotatable bonds is 4. The summed E-state index contributed by atoms with van der Waals surface area (Å²) in [6.45, 7) is 1.71. The number of benzene rings is 1. The number of halogens is 2. The van der Waals surface area contributed by atoms with Gasteiger partial charge in [-0.15, -0.1) is 0 Å². The van der Waals surface area contributed by atoms with E-state index in [0.29, 0.717) is 21.4 Å². The van der Waals surface area contributed by atoms with Gasteiger partial charge in [0.2, 0.25) is 11.7 Å². The number of carbonyl (C=O) groups is 1. The summed E-state index contributed by atoms with van der Waals surface area (Å²) in [5.74, 6) is 0.243. The maximum atomic E-state index is 11.8. The maximum Gasteiger partial charge on any atom is 0.322 e. The van der Waals surface area contributed by atoms with E-state index in [1.807, 2.05) is 0 Å². The van der Waals surface area contributed by atoms with Crippen LogP contribution in [0.4, 0.5) is 6.01 Å². The van der Waals surface area contributed by atoms with Crippen molar-refractivity contribution >= 4 is 35.1 Å². The number of hydrogen-bond donors (Lipinski definition) is 1. The van der Waals surface area contributed by atoms with Crippen molar-refractivity contribution in [2.75, 3.05) is 19.4 Å². The van der Waals surface area contributed by atoms with Crippen molar-refractivity contribution in [3.8, 4) is 11.4 Å². The highest BCUT2D eigenvalue weighted by Gasteiger charge is 2.18. The van der Waals surface area contributed by atoms with E-state index in [1.165, 1.54) is 4.90 Å². The third kappa shape index (κ3) is 3.86. The quantitative estimate of drug-likeness (QED) is 0.934. The minimum Gasteiger partial charge on any atom is -0.347 e. The average molecular weight is 329 g/mol. The molecule has 0 unspecified atom stereocenters. The van der Waals surface area contributed by atoms with Gasteiger partial charge in [0.1, 0.15) is 6.04 Å². The Kier molecular flexibility index (Phi) is 4.69. The Morgan fingerprint density at radius 1 is 1.29 bits per heavy atom. The van der Waals surface area contributed by atoms with Gasteiger partial charge in [-0.05, 0) is 25.1 Å². The number of hydrogen-bond acceptors (Lipinski definition) is 5. The Balaban J connectivity index is 2.16. The van der Waals surface area contributed by atoms with Gasteiger partial charge in [0.25, 0.3) is 0 Å². The van der Waals surface area contributed by atoms with Crippen LogP contribution in [-0.4, -0.2) is 41.1 Å². The Morgan fingerprint density at radius 3 is 2.48 bits per heavy atom. The molecule has 1 aromatic heterocycles. The average Bonchev–Trinajstić information content (AvgIpc) is 2.85. The zero-order valence-electron chi connectivity index (χ0n) is 11.7. The van der Waals surface area contributed by atoms with E-state index in [9.17, 15) is 4.79 Å². The fourth-order valence-corrected chi connectivity index (χ4v) is 2.24. The monoisotopic (exact) mass is 328 g/mol. The van der Waals surface area contributed by atoms with Crippen LogP contribution in [0.15, 0.2) is 22.7 Å². The van der Waals surface area contributed by atoms with Crippen molar-refractivity contribution in [2.24, 2.45) is 0 Å². The van der Waals surface area contributed by atoms with Gasteiger partial charge in [-0.2, -0.15) is 4.98 Å². The molecule has 2 aromatic rings. The fraction of sp³-hybridized carbons (Fsp3) is 0.308. The van der Waals surface area contributed by atoms with Gasteiger partial charge in [-0.3, -0.25) is 4.79 Å². The van der Waals surface area contributed by atoms with Crippen LogP contribution in [-0.2, 0) is 4.79 Å². The molecule has 1 atom stereocenters. The van der Waals surface area contributed by atoms with Gasteiger partial charge in [0, 0.05) is 29.7 Å². The van der Waals surface area contributed by atoms with Gasteiger partial charge in [-0.1, -0.05) is 28.4 Å². The van der Waals surface area contributed by atoms with Gasteiger partial charge in [-0.25, -0.2) is 0 Å². The second-order valence-corrected chi connectivity index (χ2v) is 5.55. The first-order valence-electron chi connectivity index (χ1n) is 6.14. The van der Waals surface area contributed by atoms with Crippen LogP contribution in [0.1, 0.15) is 6.92 Å². The Morgan fingerprint density at radius 2 is 1.90 bits per heavy atom. The number of carbonyl (C=O) groups excluding carboxylic acids is 1. The molecular weight excluding hydrogens is 315 g/mol. The molecule has 112 valence electrons. The second kappa shape index (κ2) is 6.32. The molecule has 0 aliphatic rings. The molecule has 1 N–H and O–H groups in total. The molecule has 2 rings (SSSR count). The van der Waals surface area contributed by atoms with Crippen molar-refractivity contribution in [1.82, 2.24) is 15.0 Å². The first-order valence-corrected chi connectivity index (χ1v) is 6.90. The van der Waals surface area contributed by atoms with E-state index >= 15 is 0 Å². The predicted octanol–water partition coefficient (Wildman–Crippen LogP) is 2.93. The molecule has 0 aliphatic heterocycles. The van der Waals surface area contributed by atoms with Gasteiger partial charge < -0.3 is 14.7 Å². The van der Waals surface area contributed by atoms with Gasteiger partial charge in [0.15, 0.2) is 0 Å². The van der Waals surface area contributed by atoms with Crippen LogP contribution in [0.5, 0.6) is 0 Å². The van der Waals surface area contributed by atoms with Crippen LogP contribution in [0.25, 0.3) is 11.4 Å². The summed E-state index contributed by atoms with van der Waals surface area (Å²) in [5.41, 5.74) is 0.635. The molecule has 0 saturated heterocycles. The summed E-state index contributed by atoms with van der Waals surface area (Å²) >= 11 is 11.9. The van der Waals surface area contributed by atoms with Crippen LogP contribution >= 0.6 is 23.2 Å². The van der Waals surface area contributed by atoms with Gasteiger partial charge >= 0.3 is 6.01 Å². The lowest BCUT2D eigenvalue weighted by atomic mass is 10.2. The summed E-state index contributed by atoms with van der Waals surface area (Å²) in [6, 6.07) is 4.65. The maximum absolute atomic E-state index is 11.8. The molecule has 0 aliphatic carbocycles. The van der Waals surface area contributed by atoms with E-state index in [4.69, 9.17) is 27.7 Å². The standard InChI is InChI=1S/C13H14Cl2N4O2/c1-7(12(20)19(2)3)16-13-17-11(18-21-13)8-4-9(14)6-10(15)5-8/h4-7H,1-3H3,(H,16,17,18)/t7-/m0/s1. The van der Waals surface area contributed by atoms with Crippen molar-refractivity contribution in [2.45, 2.75) is 13.0 Å². The largest absolute Gasteiger partial charge is 0.347 e. The Hall–Kier alpha value is -1.79. The van der Waals surface area contributed by atoms with E-state index in [0.717, 1.165) is 0 Å². The third-order valence-electron chi connectivity index (χ3n) is 2.70. The molecule has 1 heterocycles. The van der Waals surface area contributed by atoms with E-state index in [2.05, 4.69) is 15.5 Å². The van der Waals surface area contributed by atoms with Crippen LogP contribution in [0.2, 0.25) is 10.0 Å². The molecular formula is C13H14Cl2N4O2. The van der Waals surface area contributed by atoms with Crippen molar-refractivity contribution in [1.29, 1.82) is 0 Å². The smallest absolute Gasteiger partial charge is 0.322 e. The van der Waals surface area contributed by atoms with Crippen LogP contribution in [0, 0.1) is 0 Å². The Bertz CT molecular complexity index is 637. The predicted molar refractivity (Wildman–Crippen MR) is 81.5 cm³/mol. The summed E-state index contributed by atoms with van der Waals surface area (Å²) < 4.78 is 5.07. The third-order valence-corrected chi connectivity index (χ3v) is 3.13. The highest BCUT2D eigenvalue weighted by molar-refractivity contribution is 6.35. The van der Waals surface area contributed by atoms with Crippen molar-refractivity contribution in [3.63, 3.8) is 0 Å². The lowest BCUT2D eigenvalue weighted by Gasteiger charge is -2.16. The second-order valence-electron chi connectivity index (χ2n) is 4.68. The van der Waals surface area contributed by atoms with Crippen molar-refractivity contribution in [3.05, 3.63) is 28.2 Å². The first-order chi connectivity index (χ1) is 9.86. The SMILES string of the molecule is C[C@H](Nc1nc(-c2cc(Cl)cc(Cl)c2)no1)C(=O)N(C)C. The molecule has 21 heavy (non-hydrogen) atoms. The molecule has 0 spiro atoms. The summed E-state index contributed by atoms with van der Waals surface area (Å²) in [6.07, 6.45) is 0. The molecule has 0 radical (unpaired) electrons. The normalized spacial score (nSPS) is 12.0. The molecule has 0 fully saturated rings. The summed E-state index contributed by atoms with van der Waals surface area (Å²) in [4.78, 5) is 17.4. The molecule has 1 aromatic carbocycles. The Labute approximate surface area is 132 Å². The fourth-order valence-electron chi connectivity index (χ4n) is 1.72. The van der Waals surface area contributed by atoms with Crippen LogP contribution < -0.4 is 5.32 Å². The zero-order valence-corrected chi connectivity index (χ0v) is 13.2. The molecule has 6 nitrogen and oxygen atoms in total. The number of nitrogens with one attached hydrogen (secondary N) is 1. The zero-order chi connectivity index (χ0) is 15.6. The molecule has 1 amide bonds. The lowest BCUT2D eigenvalue weighted by Crippen LogP contribution is -2.36. The highest BCUT2D eigenvalue weighted by atomic mass is 35.5.